The van der Waals surface area contributed by atoms with Crippen LogP contribution in [0.15, 0.2) is 86.6 Å². The number of benzene rings is 1. The highest BCUT2D eigenvalue weighted by atomic mass is 17.2. The van der Waals surface area contributed by atoms with E-state index in [4.69, 9.17) is 33.1 Å². The van der Waals surface area contributed by atoms with Gasteiger partial charge in [0.25, 0.3) is 0 Å². The summed E-state index contributed by atoms with van der Waals surface area (Å²) in [6.07, 6.45) is 69.0. The number of para-hydroxylation sites is 1. The maximum atomic E-state index is 14.7. The Bertz CT molecular complexity index is 5110. The minimum absolute atomic E-state index is 0.0582. The van der Waals surface area contributed by atoms with Gasteiger partial charge in [0.15, 0.2) is 5.79 Å². The number of ketones is 1. The average molecular weight is 1810 g/mol. The van der Waals surface area contributed by atoms with Gasteiger partial charge in [-0.15, -0.1) is 0 Å². The summed E-state index contributed by atoms with van der Waals surface area (Å²) in [6, 6.07) is 9.40. The van der Waals surface area contributed by atoms with Gasteiger partial charge in [-0.2, -0.15) is 0 Å². The van der Waals surface area contributed by atoms with E-state index < -0.39 is 17.2 Å². The molecule has 1 aromatic carbocycles. The SMILES string of the molecule is CC(C)[C@@H](C)/C=C/[C@@H](C)[C@H]1CCC2[C@@]34C=C[C@]5(C[C@@H](O)CC[C@]5(C)C3CC[C@@]21C)n1c(=O)n(-c2ccccc2)c(=O)n14.CC[C@H]1CCC2C3CC=C4CC5OCO[C@@H]5C[C@]4(C)C3CC[C@@]21C.CO[C@]12CC[C@@]3(CO1)C1CC[C@H]4CCCC[C@]4(C)C1CC[C@]23C.C[C@@]12CCCC1C1Cc3occ4c3[C@](C)(CCC4)C1CC2.C[C@]12CC[C@@H]3CC1CCC1C4CCC(=O)[C@@]4(C)CC[C@@]12OO3. The van der Waals surface area contributed by atoms with Crippen LogP contribution in [0.25, 0.3) is 5.69 Å². The van der Waals surface area contributed by atoms with E-state index in [0.717, 1.165) is 155 Å². The second-order valence-electron chi connectivity index (χ2n) is 53.7. The van der Waals surface area contributed by atoms with Crippen LogP contribution in [-0.4, -0.2) is 81.1 Å². The molecule has 1 N–H and O–H groups in total. The minimum Gasteiger partial charge on any atom is -0.469 e. The monoisotopic (exact) mass is 1810 g/mol. The summed E-state index contributed by atoms with van der Waals surface area (Å²) in [7, 11) is 1.89. The lowest BCUT2D eigenvalue weighted by Crippen LogP contribution is -2.76. The van der Waals surface area contributed by atoms with Gasteiger partial charge in [0.2, 0.25) is 0 Å². The first kappa shape index (κ1) is 91.6. The quantitative estimate of drug-likeness (QED) is 0.178. The second kappa shape index (κ2) is 31.9. The third-order valence-electron chi connectivity index (χ3n) is 49.8. The van der Waals surface area contributed by atoms with E-state index in [1.165, 1.54) is 197 Å². The Hall–Kier alpha value is -4.15. The molecule has 26 aliphatic rings. The molecule has 0 radical (unpaired) electrons. The van der Waals surface area contributed by atoms with E-state index in [0.29, 0.717) is 111 Å². The first-order chi connectivity index (χ1) is 63.1. The highest BCUT2D eigenvalue weighted by molar-refractivity contribution is 5.87. The normalized spacial score (nSPS) is 51.5. The van der Waals surface area contributed by atoms with E-state index in [1.807, 2.05) is 46.8 Å². The number of carbonyl (C=O) groups excluding carboxylic acids is 1. The largest absolute Gasteiger partial charge is 0.469 e. The molecule has 0 amide bonds. The fourth-order valence-corrected chi connectivity index (χ4v) is 42.1. The number of nitrogens with zero attached hydrogens (tertiary/aromatic N) is 3. The summed E-state index contributed by atoms with van der Waals surface area (Å²) in [4.78, 5) is 54.0. The third kappa shape index (κ3) is 12.3. The van der Waals surface area contributed by atoms with Crippen molar-refractivity contribution in [2.24, 2.45) is 167 Å². The van der Waals surface area contributed by atoms with Crippen LogP contribution in [0.2, 0.25) is 0 Å². The van der Waals surface area contributed by atoms with Crippen molar-refractivity contribution in [2.75, 3.05) is 20.5 Å². The van der Waals surface area contributed by atoms with Gasteiger partial charge in [0, 0.05) is 65.4 Å². The van der Waals surface area contributed by atoms with Gasteiger partial charge in [-0.1, -0.05) is 184 Å². The number of methoxy groups -OCH3 is 1. The first-order valence-electron chi connectivity index (χ1n) is 55.8. The topological polar surface area (TPSA) is 155 Å². The number of hydrogen-bond donors (Lipinski definition) is 1. The Kier molecular flexibility index (Phi) is 22.2. The standard InChI is InChI=1S/C36H49N3O3.C22H34O2.C21H34O2.C20H28O.C19H28O3/c1-23(2)24(3)12-13-25(4)28-14-15-29-33(28,5)18-17-30-34(6)19-16-27(40)22-35(34)20-21-36(29,30)39-32(42)37(31(41)38(35)39)26-10-8-7-9-11-26;1-4-14-6-8-17-16-7-5-15-11-19-20(24-13-23-19)12-22(15,3)18(16)9-10-21(14,17)2;1-18-10-5-4-6-15(18)7-8-17-16(18)9-11-19(2)20(17)12-13-21(19,22-3)23-14-20;1-19-8-4-6-15(19)14-11-17-18-13(12-21-17)5-3-9-20(18,2)16(14)7-10-19;1-17-9-10-19-15(14(17)5-6-16(17)20)4-3-12-11-13(21-22-19)7-8-18(12,19)2/h7-13,20-21,23-25,27-30,40H,14-19,22H2,1-6H3;5,14,16-20H,4,6-13H2,1-3H3;15-17H,4-14H2,1-3H3;12,14-16H,3-11H2,1-2H3;12-15H,3-11H2,1-2H3/b13-12+;;;;/t24-,25+,27-,28+,29?,30?,33+,34+,35+,36-;14-,16?,17?,18?,19?,20+,21+,22-;15-,16?,17?,18+,19+,20-,21-;14?,15?,16?,19-,20+;12?,13-,14?,15?,17+,18+,19-/m00101/s1. The smallest absolute Gasteiger partial charge is 0.352 e. The zero-order valence-electron chi connectivity index (χ0n) is 84.8. The Labute approximate surface area is 793 Å². The molecular formula is C118H173N3O11. The van der Waals surface area contributed by atoms with E-state index in [1.54, 1.807) is 16.7 Å². The van der Waals surface area contributed by atoms with Crippen molar-refractivity contribution >= 4 is 5.78 Å². The fourth-order valence-electron chi connectivity index (χ4n) is 42.1. The molecule has 6 aliphatic heterocycles. The molecule has 29 rings (SSSR count). The number of ether oxygens (including phenoxy) is 4. The number of fused-ring (bicyclic) bond motifs is 18. The van der Waals surface area contributed by atoms with Crippen LogP contribution in [0, 0.1) is 167 Å². The van der Waals surface area contributed by atoms with E-state index in [-0.39, 0.29) is 61.7 Å². The van der Waals surface area contributed by atoms with Crippen molar-refractivity contribution in [2.45, 2.75) is 432 Å². The first-order valence-corrected chi connectivity index (χ1v) is 55.8. The highest BCUT2D eigenvalue weighted by Gasteiger charge is 2.80. The van der Waals surface area contributed by atoms with E-state index >= 15 is 0 Å². The summed E-state index contributed by atoms with van der Waals surface area (Å²) in [5, 5.41) is 11.0. The number of aliphatic hydroxyl groups is 1. The molecule has 132 heavy (non-hydrogen) atoms. The second-order valence-corrected chi connectivity index (χ2v) is 53.7. The van der Waals surface area contributed by atoms with E-state index in [2.05, 4.69) is 140 Å². The van der Waals surface area contributed by atoms with Crippen molar-refractivity contribution < 1.29 is 43.0 Å². The maximum absolute atomic E-state index is 14.7. The Balaban J connectivity index is 0.0000000964. The van der Waals surface area contributed by atoms with Gasteiger partial charge in [0.1, 0.15) is 23.9 Å². The Morgan fingerprint density at radius 2 is 1.32 bits per heavy atom. The third-order valence-corrected chi connectivity index (χ3v) is 49.8. The molecule has 14 nitrogen and oxygen atoms in total. The molecule has 20 fully saturated rings. The van der Waals surface area contributed by atoms with Crippen molar-refractivity contribution in [1.82, 2.24) is 13.9 Å². The molecule has 14 unspecified atom stereocenters. The number of aryl methyl sites for hydroxylation is 1. The zero-order chi connectivity index (χ0) is 91.7. The summed E-state index contributed by atoms with van der Waals surface area (Å²) >= 11 is 0. The molecule has 3 aromatic rings. The van der Waals surface area contributed by atoms with Crippen LogP contribution in [-0.2, 0) is 62.9 Å². The fraction of sp³-hybridized carbons (Fsp3) is 0.839. The van der Waals surface area contributed by atoms with Gasteiger partial charge in [-0.05, 0) is 387 Å². The van der Waals surface area contributed by atoms with Crippen molar-refractivity contribution in [3.8, 4) is 5.69 Å². The Morgan fingerprint density at radius 1 is 0.561 bits per heavy atom. The van der Waals surface area contributed by atoms with Crippen LogP contribution < -0.4 is 11.4 Å². The number of hydrogen-bond acceptors (Lipinski definition) is 11. The number of furan rings is 1. The highest BCUT2D eigenvalue weighted by Crippen LogP contribution is 2.80. The van der Waals surface area contributed by atoms with Gasteiger partial charge in [0.05, 0.1) is 54.1 Å². The number of rotatable bonds is 7. The Morgan fingerprint density at radius 3 is 2.11 bits per heavy atom. The molecule has 20 aliphatic carbocycles. The number of allylic oxidation sites excluding steroid dienone is 5. The van der Waals surface area contributed by atoms with Gasteiger partial charge >= 0.3 is 11.4 Å². The number of aromatic nitrogens is 3. The molecule has 8 heterocycles. The summed E-state index contributed by atoms with van der Waals surface area (Å²) in [5.74, 6) is 15.5. The maximum Gasteiger partial charge on any atom is 0.352 e. The van der Waals surface area contributed by atoms with Crippen LogP contribution >= 0.6 is 0 Å². The lowest BCUT2D eigenvalue weighted by atomic mass is 9.40. The summed E-state index contributed by atoms with van der Waals surface area (Å²) < 4.78 is 35.5. The predicted octanol–water partition coefficient (Wildman–Crippen LogP) is 26.1. The number of aliphatic hydroxyl groups excluding tert-OH is 1. The molecule has 37 atom stereocenters. The molecule has 726 valence electrons. The summed E-state index contributed by atoms with van der Waals surface area (Å²) in [5.41, 5.74) is 7.09. The van der Waals surface area contributed by atoms with Crippen molar-refractivity contribution in [3.63, 3.8) is 0 Å². The lowest BCUT2D eigenvalue weighted by molar-refractivity contribution is -0.412. The molecule has 2 aromatic heterocycles. The van der Waals surface area contributed by atoms with Crippen LogP contribution in [0.4, 0.5) is 0 Å². The van der Waals surface area contributed by atoms with Crippen LogP contribution in [0.5, 0.6) is 0 Å². The lowest BCUT2D eigenvalue weighted by Gasteiger charge is -2.71. The van der Waals surface area contributed by atoms with Crippen LogP contribution in [0.3, 0.4) is 0 Å². The van der Waals surface area contributed by atoms with Crippen molar-refractivity contribution in [1.29, 1.82) is 0 Å². The molecule has 14 heteroatoms. The van der Waals surface area contributed by atoms with Gasteiger partial charge in [-0.3, -0.25) is 4.79 Å². The predicted molar refractivity (Wildman–Crippen MR) is 519 cm³/mol. The minimum atomic E-state index is -0.706. The van der Waals surface area contributed by atoms with Crippen molar-refractivity contribution in [3.05, 3.63) is 110 Å². The van der Waals surface area contributed by atoms with Gasteiger partial charge in [-0.25, -0.2) is 33.3 Å². The van der Waals surface area contributed by atoms with Crippen LogP contribution in [0.1, 0.15) is 384 Å². The molecule has 16 saturated carbocycles. The average Bonchev–Trinajstić information content (AvgIpc) is 1.37. The number of carbonyl (C=O) groups is 1. The number of Topliss-reactive ketones (excluding diaryl/α,β-unsaturated/α-hetero) is 1. The van der Waals surface area contributed by atoms with Gasteiger partial charge < -0.3 is 28.5 Å². The zero-order valence-corrected chi connectivity index (χ0v) is 84.8. The summed E-state index contributed by atoms with van der Waals surface area (Å²) in [6.45, 7) is 38.3. The molecule has 3 spiro atoms. The molecule has 4 saturated heterocycles. The van der Waals surface area contributed by atoms with E-state index in [9.17, 15) is 19.5 Å². The molecular weight excluding hydrogens is 1640 g/mol. The molecule has 8 bridgehead atoms.